The number of ether oxygens (including phenoxy) is 1. The van der Waals surface area contributed by atoms with Gasteiger partial charge in [-0.05, 0) is 68.0 Å². The van der Waals surface area contributed by atoms with E-state index in [4.69, 9.17) is 4.74 Å². The molecule has 184 valence electrons. The highest BCUT2D eigenvalue weighted by atomic mass is 19.4. The Hall–Kier alpha value is -3.56. The van der Waals surface area contributed by atoms with E-state index < -0.39 is 30.6 Å². The number of nitrogens with one attached hydrogen (secondary N) is 2. The summed E-state index contributed by atoms with van der Waals surface area (Å²) in [6.45, 7) is 0.0465. The minimum Gasteiger partial charge on any atom is -0.490 e. The lowest BCUT2D eigenvalue weighted by Crippen LogP contribution is -2.48. The van der Waals surface area contributed by atoms with Gasteiger partial charge in [0.1, 0.15) is 18.8 Å². The molecule has 2 amide bonds. The van der Waals surface area contributed by atoms with Crippen molar-refractivity contribution in [1.29, 1.82) is 0 Å². The number of carbonyl (C=O) groups excluding carboxylic acids is 2. The number of aromatic amines is 1. The van der Waals surface area contributed by atoms with Crippen LogP contribution in [0.2, 0.25) is 0 Å². The fourth-order valence-corrected chi connectivity index (χ4v) is 5.38. The molecule has 2 N–H and O–H groups in total. The number of fused-ring (bicyclic) bond motifs is 3. The Bertz CT molecular complexity index is 1280. The van der Waals surface area contributed by atoms with Crippen LogP contribution in [0.25, 0.3) is 10.9 Å². The van der Waals surface area contributed by atoms with Gasteiger partial charge in [0.05, 0.1) is 23.2 Å². The molecule has 2 heterocycles. The highest BCUT2D eigenvalue weighted by Gasteiger charge is 2.53. The van der Waals surface area contributed by atoms with Gasteiger partial charge >= 0.3 is 6.18 Å². The summed E-state index contributed by atoms with van der Waals surface area (Å²) in [5, 5.41) is 9.74. The molecule has 1 spiro atoms. The van der Waals surface area contributed by atoms with Gasteiger partial charge in [0, 0.05) is 11.1 Å². The minimum absolute atomic E-state index is 0.0746. The average molecular weight is 486 g/mol. The third-order valence-corrected chi connectivity index (χ3v) is 6.96. The van der Waals surface area contributed by atoms with Crippen molar-refractivity contribution >= 4 is 28.4 Å². The number of aromatic nitrogens is 2. The lowest BCUT2D eigenvalue weighted by atomic mass is 9.68. The van der Waals surface area contributed by atoms with E-state index in [0.29, 0.717) is 31.4 Å². The first-order valence-corrected chi connectivity index (χ1v) is 11.5. The fraction of sp³-hybridized carbons (Fsp3) is 0.400. The molecule has 1 aromatic heterocycles. The summed E-state index contributed by atoms with van der Waals surface area (Å²) in [5.41, 5.74) is 2.51. The molecule has 0 radical (unpaired) electrons. The van der Waals surface area contributed by atoms with Gasteiger partial charge in [0.25, 0.3) is 0 Å². The standard InChI is InChI=1S/C25H25F3N4O3/c1-15-3-2-4-20-22(15)24(23(34)32(20)13-21(33)29-14-25(26,27)28)9-7-17(8-10-24)35-18-5-6-19-16(11-18)12-30-31-19/h2-6,11-12,17H,7-10,13-14H2,1H3,(H,29,33)(H,30,31). The molecule has 7 nitrogen and oxygen atoms in total. The Morgan fingerprint density at radius 2 is 2.03 bits per heavy atom. The van der Waals surface area contributed by atoms with Gasteiger partial charge in [-0.25, -0.2) is 0 Å². The molecule has 1 saturated carbocycles. The maximum Gasteiger partial charge on any atom is 0.405 e. The molecule has 1 aliphatic carbocycles. The number of benzene rings is 2. The maximum atomic E-state index is 13.7. The van der Waals surface area contributed by atoms with E-state index in [-0.39, 0.29) is 12.0 Å². The van der Waals surface area contributed by atoms with Gasteiger partial charge in [-0.3, -0.25) is 14.7 Å². The number of alkyl halides is 3. The summed E-state index contributed by atoms with van der Waals surface area (Å²) in [6.07, 6.45) is -0.524. The predicted molar refractivity (Wildman–Crippen MR) is 123 cm³/mol. The van der Waals surface area contributed by atoms with Crippen molar-refractivity contribution in [2.24, 2.45) is 0 Å². The number of amides is 2. The first-order valence-electron chi connectivity index (χ1n) is 11.5. The molecule has 1 aliphatic heterocycles. The van der Waals surface area contributed by atoms with Crippen LogP contribution in [0.5, 0.6) is 5.75 Å². The smallest absolute Gasteiger partial charge is 0.405 e. The summed E-state index contributed by atoms with van der Waals surface area (Å²) < 4.78 is 43.8. The SMILES string of the molecule is Cc1cccc2c1C1(CCC(Oc3ccc4[nH]ncc4c3)CC1)C(=O)N2CC(=O)NCC(F)(F)F. The van der Waals surface area contributed by atoms with Crippen LogP contribution < -0.4 is 15.0 Å². The molecule has 0 atom stereocenters. The summed E-state index contributed by atoms with van der Waals surface area (Å²) >= 11 is 0. The summed E-state index contributed by atoms with van der Waals surface area (Å²) in [5.74, 6) is -0.341. The molecule has 0 unspecified atom stereocenters. The summed E-state index contributed by atoms with van der Waals surface area (Å²) in [4.78, 5) is 27.3. The molecule has 35 heavy (non-hydrogen) atoms. The maximum absolute atomic E-state index is 13.7. The van der Waals surface area contributed by atoms with Gasteiger partial charge in [0.2, 0.25) is 11.8 Å². The second kappa shape index (κ2) is 8.58. The van der Waals surface area contributed by atoms with E-state index in [1.165, 1.54) is 4.90 Å². The molecule has 10 heteroatoms. The highest BCUT2D eigenvalue weighted by molar-refractivity contribution is 6.11. The van der Waals surface area contributed by atoms with Crippen molar-refractivity contribution < 1.29 is 27.5 Å². The van der Waals surface area contributed by atoms with Gasteiger partial charge < -0.3 is 15.0 Å². The Morgan fingerprint density at radius 3 is 2.77 bits per heavy atom. The number of hydrogen-bond donors (Lipinski definition) is 2. The molecule has 5 rings (SSSR count). The van der Waals surface area contributed by atoms with Crippen molar-refractivity contribution in [3.8, 4) is 5.75 Å². The molecule has 2 aromatic carbocycles. The molecule has 1 fully saturated rings. The van der Waals surface area contributed by atoms with Gasteiger partial charge in [-0.2, -0.15) is 18.3 Å². The van der Waals surface area contributed by atoms with E-state index >= 15 is 0 Å². The average Bonchev–Trinajstić information content (AvgIpc) is 3.37. The van der Waals surface area contributed by atoms with Crippen LogP contribution in [0, 0.1) is 6.92 Å². The zero-order chi connectivity index (χ0) is 24.8. The molecule has 2 aliphatic rings. The molecule has 0 bridgehead atoms. The topological polar surface area (TPSA) is 87.3 Å². The molecule has 3 aromatic rings. The number of H-pyrrole nitrogens is 1. The summed E-state index contributed by atoms with van der Waals surface area (Å²) in [7, 11) is 0. The number of nitrogens with zero attached hydrogens (tertiary/aromatic N) is 2. The quantitative estimate of drug-likeness (QED) is 0.567. The first-order chi connectivity index (χ1) is 16.7. The van der Waals surface area contributed by atoms with Crippen LogP contribution in [-0.4, -0.2) is 47.4 Å². The van der Waals surface area contributed by atoms with E-state index in [2.05, 4.69) is 10.2 Å². The Labute approximate surface area is 199 Å². The normalized spacial score (nSPS) is 22.0. The second-order valence-electron chi connectivity index (χ2n) is 9.27. The van der Waals surface area contributed by atoms with Gasteiger partial charge in [-0.1, -0.05) is 12.1 Å². The monoisotopic (exact) mass is 486 g/mol. The van der Waals surface area contributed by atoms with Crippen LogP contribution in [-0.2, 0) is 15.0 Å². The first kappa shape index (κ1) is 23.2. The van der Waals surface area contributed by atoms with Crippen LogP contribution in [0.3, 0.4) is 0 Å². The second-order valence-corrected chi connectivity index (χ2v) is 9.27. The third-order valence-electron chi connectivity index (χ3n) is 6.96. The zero-order valence-corrected chi connectivity index (χ0v) is 19.1. The Kier molecular flexibility index (Phi) is 5.69. The van der Waals surface area contributed by atoms with Crippen LogP contribution in [0.15, 0.2) is 42.6 Å². The van der Waals surface area contributed by atoms with E-state index in [1.807, 2.05) is 36.5 Å². The lowest BCUT2D eigenvalue weighted by molar-refractivity contribution is -0.138. The van der Waals surface area contributed by atoms with E-state index in [9.17, 15) is 22.8 Å². The van der Waals surface area contributed by atoms with Crippen molar-refractivity contribution in [2.75, 3.05) is 18.0 Å². The third kappa shape index (κ3) is 4.33. The number of carbonyl (C=O) groups is 2. The number of aryl methyl sites for hydroxylation is 1. The van der Waals surface area contributed by atoms with Crippen LogP contribution in [0.1, 0.15) is 36.8 Å². The van der Waals surface area contributed by atoms with Crippen molar-refractivity contribution in [2.45, 2.75) is 50.3 Å². The van der Waals surface area contributed by atoms with Crippen molar-refractivity contribution in [3.05, 3.63) is 53.7 Å². The Balaban J connectivity index is 1.33. The lowest BCUT2D eigenvalue weighted by Gasteiger charge is -2.37. The van der Waals surface area contributed by atoms with Crippen LogP contribution >= 0.6 is 0 Å². The Morgan fingerprint density at radius 1 is 1.26 bits per heavy atom. The number of rotatable bonds is 5. The fourth-order valence-electron chi connectivity index (χ4n) is 5.38. The van der Waals surface area contributed by atoms with Gasteiger partial charge in [-0.15, -0.1) is 0 Å². The number of halogens is 3. The number of hydrogen-bond acceptors (Lipinski definition) is 4. The predicted octanol–water partition coefficient (Wildman–Crippen LogP) is 4.16. The molecular formula is C25H25F3N4O3. The molecular weight excluding hydrogens is 461 g/mol. The van der Waals surface area contributed by atoms with E-state index in [1.54, 1.807) is 18.3 Å². The number of anilines is 1. The highest BCUT2D eigenvalue weighted by Crippen LogP contribution is 2.51. The summed E-state index contributed by atoms with van der Waals surface area (Å²) in [6, 6.07) is 11.2. The van der Waals surface area contributed by atoms with Gasteiger partial charge in [0.15, 0.2) is 0 Å². The molecule has 0 saturated heterocycles. The van der Waals surface area contributed by atoms with Crippen molar-refractivity contribution in [1.82, 2.24) is 15.5 Å². The zero-order valence-electron chi connectivity index (χ0n) is 19.1. The van der Waals surface area contributed by atoms with E-state index in [0.717, 1.165) is 27.8 Å². The largest absolute Gasteiger partial charge is 0.490 e. The van der Waals surface area contributed by atoms with Crippen LogP contribution in [0.4, 0.5) is 18.9 Å². The van der Waals surface area contributed by atoms with Crippen molar-refractivity contribution in [3.63, 3.8) is 0 Å². The minimum atomic E-state index is -4.51.